The molecule has 3 aromatic rings. The summed E-state index contributed by atoms with van der Waals surface area (Å²) in [4.78, 5) is 31.0. The van der Waals surface area contributed by atoms with Gasteiger partial charge in [-0.15, -0.1) is 0 Å². The number of nitrogens with one attached hydrogen (secondary N) is 2. The summed E-state index contributed by atoms with van der Waals surface area (Å²) in [6.07, 6.45) is 5.45. The molecule has 1 amide bonds. The van der Waals surface area contributed by atoms with Gasteiger partial charge in [0.05, 0.1) is 29.5 Å². The highest BCUT2D eigenvalue weighted by Crippen LogP contribution is 2.32. The maximum atomic E-state index is 13.1. The van der Waals surface area contributed by atoms with Gasteiger partial charge in [0.1, 0.15) is 10.7 Å². The van der Waals surface area contributed by atoms with E-state index in [0.29, 0.717) is 42.0 Å². The molecule has 0 spiro atoms. The Morgan fingerprint density at radius 3 is 2.56 bits per heavy atom. The molecule has 0 bridgehead atoms. The predicted molar refractivity (Wildman–Crippen MR) is 133 cm³/mol. The molecule has 2 fully saturated rings. The maximum Gasteiger partial charge on any atom is 0.227 e. The minimum atomic E-state index is -0.562. The normalized spacial score (nSPS) is 21.6. The SMILES string of the molecule is C[C@H]1CN(c2ncc(Cl)c(N3CC(C(=O)NC(C)(C)c4cnc5ccccn45)C3)n2)C[C@H](C)N1. The van der Waals surface area contributed by atoms with E-state index in [1.165, 1.54) is 0 Å². The van der Waals surface area contributed by atoms with Gasteiger partial charge in [0.2, 0.25) is 11.9 Å². The third kappa shape index (κ3) is 4.30. The van der Waals surface area contributed by atoms with Crippen LogP contribution < -0.4 is 20.4 Å². The van der Waals surface area contributed by atoms with Crippen molar-refractivity contribution in [2.75, 3.05) is 36.0 Å². The van der Waals surface area contributed by atoms with Gasteiger partial charge in [-0.05, 0) is 39.8 Å². The quantitative estimate of drug-likeness (QED) is 0.577. The number of carbonyl (C=O) groups is 1. The molecule has 2 N–H and O–H groups in total. The number of amides is 1. The standard InChI is InChI=1S/C24H31ClN8O/c1-15-11-32(12-16(2)28-15)23-27-9-18(25)21(29-23)31-13-17(14-31)22(34)30-24(3,4)19-10-26-20-7-5-6-8-33(19)20/h5-10,15-17,28H,11-14H2,1-4H3,(H,30,34)/t15-,16-/m0/s1. The second kappa shape index (κ2) is 8.70. The topological polar surface area (TPSA) is 90.7 Å². The Morgan fingerprint density at radius 2 is 1.82 bits per heavy atom. The van der Waals surface area contributed by atoms with Gasteiger partial charge in [0.15, 0.2) is 5.82 Å². The van der Waals surface area contributed by atoms with E-state index in [1.807, 2.05) is 53.7 Å². The Bertz CT molecular complexity index is 1190. The van der Waals surface area contributed by atoms with Gasteiger partial charge in [0, 0.05) is 44.5 Å². The molecule has 5 rings (SSSR count). The summed E-state index contributed by atoms with van der Waals surface area (Å²) in [5, 5.41) is 7.23. The number of nitrogens with zero attached hydrogens (tertiary/aromatic N) is 6. The molecule has 0 aliphatic carbocycles. The zero-order valence-corrected chi connectivity index (χ0v) is 20.8. The first-order chi connectivity index (χ1) is 16.2. The summed E-state index contributed by atoms with van der Waals surface area (Å²) < 4.78 is 2.01. The molecule has 3 aromatic heterocycles. The summed E-state index contributed by atoms with van der Waals surface area (Å²) in [5.74, 6) is 1.26. The number of hydrogen-bond acceptors (Lipinski definition) is 7. The molecule has 5 heterocycles. The molecule has 34 heavy (non-hydrogen) atoms. The lowest BCUT2D eigenvalue weighted by molar-refractivity contribution is -0.127. The minimum absolute atomic E-state index is 0.0160. The third-order valence-corrected chi connectivity index (χ3v) is 6.86. The van der Waals surface area contributed by atoms with Crippen LogP contribution in [0.1, 0.15) is 33.4 Å². The summed E-state index contributed by atoms with van der Waals surface area (Å²) in [5.41, 5.74) is 1.24. The van der Waals surface area contributed by atoms with Crippen molar-refractivity contribution in [2.45, 2.75) is 45.3 Å². The van der Waals surface area contributed by atoms with Crippen molar-refractivity contribution in [1.82, 2.24) is 30.0 Å². The van der Waals surface area contributed by atoms with Crippen LogP contribution in [-0.2, 0) is 10.3 Å². The summed E-state index contributed by atoms with van der Waals surface area (Å²) in [7, 11) is 0. The Kier molecular flexibility index (Phi) is 5.85. The lowest BCUT2D eigenvalue weighted by atomic mass is 9.95. The van der Waals surface area contributed by atoms with E-state index in [2.05, 4.69) is 39.3 Å². The second-order valence-electron chi connectivity index (χ2n) is 10.0. The second-order valence-corrected chi connectivity index (χ2v) is 10.4. The number of aromatic nitrogens is 4. The number of anilines is 2. The fourth-order valence-corrected chi connectivity index (χ4v) is 5.11. The molecule has 2 aliphatic rings. The summed E-state index contributed by atoms with van der Waals surface area (Å²) >= 11 is 6.45. The molecule has 0 saturated carbocycles. The Labute approximate surface area is 204 Å². The molecule has 2 atom stereocenters. The van der Waals surface area contributed by atoms with E-state index in [-0.39, 0.29) is 11.8 Å². The third-order valence-electron chi connectivity index (χ3n) is 6.60. The smallest absolute Gasteiger partial charge is 0.227 e. The average molecular weight is 483 g/mol. The summed E-state index contributed by atoms with van der Waals surface area (Å²) in [6.45, 7) is 11.1. The molecule has 180 valence electrons. The van der Waals surface area contributed by atoms with E-state index in [1.54, 1.807) is 6.20 Å². The monoisotopic (exact) mass is 482 g/mol. The van der Waals surface area contributed by atoms with Gasteiger partial charge in [-0.2, -0.15) is 4.98 Å². The summed E-state index contributed by atoms with van der Waals surface area (Å²) in [6, 6.07) is 6.58. The average Bonchev–Trinajstić information content (AvgIpc) is 3.18. The fraction of sp³-hybridized carbons (Fsp3) is 0.500. The number of carbonyl (C=O) groups excluding carboxylic acids is 1. The maximum absolute atomic E-state index is 13.1. The van der Waals surface area contributed by atoms with Crippen molar-refractivity contribution in [3.8, 4) is 0 Å². The van der Waals surface area contributed by atoms with Crippen LogP contribution in [0.5, 0.6) is 0 Å². The van der Waals surface area contributed by atoms with Crippen LogP contribution in [-0.4, -0.2) is 63.5 Å². The van der Waals surface area contributed by atoms with Gasteiger partial charge in [0.25, 0.3) is 0 Å². The first-order valence-electron chi connectivity index (χ1n) is 11.7. The van der Waals surface area contributed by atoms with Crippen LogP contribution in [0.25, 0.3) is 5.65 Å². The van der Waals surface area contributed by atoms with Gasteiger partial charge < -0.3 is 24.8 Å². The van der Waals surface area contributed by atoms with Crippen LogP contribution >= 0.6 is 11.6 Å². The van der Waals surface area contributed by atoms with Gasteiger partial charge in [-0.3, -0.25) is 4.79 Å². The van der Waals surface area contributed by atoms with Crippen molar-refractivity contribution in [1.29, 1.82) is 0 Å². The number of rotatable bonds is 5. The van der Waals surface area contributed by atoms with Gasteiger partial charge >= 0.3 is 0 Å². The van der Waals surface area contributed by atoms with Crippen molar-refractivity contribution in [3.63, 3.8) is 0 Å². The highest BCUT2D eigenvalue weighted by molar-refractivity contribution is 6.32. The van der Waals surface area contributed by atoms with E-state index in [9.17, 15) is 4.79 Å². The minimum Gasteiger partial charge on any atom is -0.353 e. The molecular weight excluding hydrogens is 452 g/mol. The Balaban J connectivity index is 1.25. The lowest BCUT2D eigenvalue weighted by Gasteiger charge is -2.41. The molecule has 10 heteroatoms. The van der Waals surface area contributed by atoms with Crippen molar-refractivity contribution < 1.29 is 4.79 Å². The highest BCUT2D eigenvalue weighted by atomic mass is 35.5. The van der Waals surface area contributed by atoms with E-state index < -0.39 is 5.54 Å². The zero-order chi connectivity index (χ0) is 24.0. The van der Waals surface area contributed by atoms with Gasteiger partial charge in [-0.1, -0.05) is 17.7 Å². The Morgan fingerprint density at radius 1 is 1.09 bits per heavy atom. The first-order valence-corrected chi connectivity index (χ1v) is 12.1. The van der Waals surface area contributed by atoms with Gasteiger partial charge in [-0.25, -0.2) is 9.97 Å². The van der Waals surface area contributed by atoms with E-state index >= 15 is 0 Å². The first kappa shape index (κ1) is 22.9. The van der Waals surface area contributed by atoms with Crippen molar-refractivity contribution in [2.24, 2.45) is 5.92 Å². The number of fused-ring (bicyclic) bond motifs is 1. The highest BCUT2D eigenvalue weighted by Gasteiger charge is 2.38. The molecule has 0 unspecified atom stereocenters. The molecule has 9 nitrogen and oxygen atoms in total. The molecule has 2 saturated heterocycles. The molecule has 2 aliphatic heterocycles. The molecule has 0 radical (unpaired) electrons. The number of piperazine rings is 1. The number of hydrogen-bond donors (Lipinski definition) is 2. The fourth-order valence-electron chi connectivity index (χ4n) is 4.90. The van der Waals surface area contributed by atoms with Crippen molar-refractivity contribution in [3.05, 3.63) is 47.5 Å². The van der Waals surface area contributed by atoms with E-state index in [0.717, 1.165) is 24.4 Å². The van der Waals surface area contributed by atoms with Crippen LogP contribution in [0.2, 0.25) is 5.02 Å². The van der Waals surface area contributed by atoms with E-state index in [4.69, 9.17) is 16.6 Å². The van der Waals surface area contributed by atoms with Crippen LogP contribution in [0.15, 0.2) is 36.8 Å². The molecular formula is C24H31ClN8O. The Hall–Kier alpha value is -2.91. The zero-order valence-electron chi connectivity index (χ0n) is 20.0. The number of halogens is 1. The van der Waals surface area contributed by atoms with Crippen molar-refractivity contribution >= 4 is 34.9 Å². The largest absolute Gasteiger partial charge is 0.353 e. The van der Waals surface area contributed by atoms with Crippen LogP contribution in [0.3, 0.4) is 0 Å². The predicted octanol–water partition coefficient (Wildman–Crippen LogP) is 2.45. The number of imidazole rings is 1. The van der Waals surface area contributed by atoms with Crippen LogP contribution in [0.4, 0.5) is 11.8 Å². The lowest BCUT2D eigenvalue weighted by Crippen LogP contribution is -2.57. The van der Waals surface area contributed by atoms with Crippen LogP contribution in [0, 0.1) is 5.92 Å². The molecule has 0 aromatic carbocycles. The number of pyridine rings is 1.